The topological polar surface area (TPSA) is 79.2 Å². The number of urea groups is 1. The van der Waals surface area contributed by atoms with E-state index in [1.54, 1.807) is 17.1 Å². The van der Waals surface area contributed by atoms with Gasteiger partial charge < -0.3 is 9.80 Å². The summed E-state index contributed by atoms with van der Waals surface area (Å²) in [6, 6.07) is 11.6. The van der Waals surface area contributed by atoms with Crippen LogP contribution in [-0.4, -0.2) is 56.9 Å². The number of hydrogen-bond acceptors (Lipinski definition) is 5. The zero-order valence-electron chi connectivity index (χ0n) is 16.0. The molecule has 0 unspecified atom stereocenters. The quantitative estimate of drug-likeness (QED) is 0.759. The molecule has 3 aromatic rings. The molecule has 0 atom stereocenters. The van der Waals surface area contributed by atoms with E-state index < -0.39 is 0 Å². The number of rotatable bonds is 3. The highest BCUT2D eigenvalue weighted by Gasteiger charge is 2.23. The smallest absolute Gasteiger partial charge is 0.323 e. The number of carbonyl (C=O) groups excluding carboxylic acids is 1. The van der Waals surface area contributed by atoms with Gasteiger partial charge in [-0.05, 0) is 31.2 Å². The van der Waals surface area contributed by atoms with Gasteiger partial charge in [0, 0.05) is 62.9 Å². The number of aryl methyl sites for hydroxylation is 2. The molecule has 1 aliphatic heterocycles. The van der Waals surface area contributed by atoms with Crippen LogP contribution < -0.4 is 10.2 Å². The number of pyridine rings is 2. The molecule has 8 heteroatoms. The lowest BCUT2D eigenvalue weighted by molar-refractivity contribution is 0.208. The van der Waals surface area contributed by atoms with Gasteiger partial charge >= 0.3 is 6.03 Å². The minimum atomic E-state index is -0.113. The lowest BCUT2D eigenvalue weighted by Gasteiger charge is -2.35. The van der Waals surface area contributed by atoms with Crippen molar-refractivity contribution in [2.45, 2.75) is 6.92 Å². The third kappa shape index (κ3) is 3.80. The third-order valence-electron chi connectivity index (χ3n) is 4.84. The molecule has 0 radical (unpaired) electrons. The van der Waals surface area contributed by atoms with Gasteiger partial charge in [0.05, 0.1) is 5.69 Å². The molecule has 0 saturated carbocycles. The first-order valence-corrected chi connectivity index (χ1v) is 9.29. The van der Waals surface area contributed by atoms with E-state index in [9.17, 15) is 4.79 Å². The molecule has 8 nitrogen and oxygen atoms in total. The molecular formula is C20H23N7O. The van der Waals surface area contributed by atoms with Gasteiger partial charge in [-0.1, -0.05) is 6.07 Å². The second-order valence-corrected chi connectivity index (χ2v) is 6.82. The Morgan fingerprint density at radius 2 is 1.93 bits per heavy atom. The molecular weight excluding hydrogens is 354 g/mol. The first-order chi connectivity index (χ1) is 13.6. The molecule has 0 bridgehead atoms. The molecule has 4 rings (SSSR count). The Hall–Kier alpha value is -3.42. The van der Waals surface area contributed by atoms with Gasteiger partial charge in [-0.3, -0.25) is 15.0 Å². The number of aromatic nitrogens is 4. The second-order valence-electron chi connectivity index (χ2n) is 6.82. The van der Waals surface area contributed by atoms with Gasteiger partial charge in [-0.25, -0.2) is 9.78 Å². The lowest BCUT2D eigenvalue weighted by atomic mass is 10.2. The molecule has 0 aromatic carbocycles. The van der Waals surface area contributed by atoms with Crippen molar-refractivity contribution in [1.82, 2.24) is 24.6 Å². The van der Waals surface area contributed by atoms with Crippen molar-refractivity contribution in [3.05, 3.63) is 54.5 Å². The highest BCUT2D eigenvalue weighted by Crippen LogP contribution is 2.21. The standard InChI is InChI=1S/C20H23N7O/c1-15-5-3-7-18(22-15)26-9-11-27(12-10-26)20(28)23-19-13-17(24-25(19)2)16-6-4-8-21-14-16/h3-8,13-14H,9-12H2,1-2H3,(H,23,28). The molecule has 0 spiro atoms. The largest absolute Gasteiger partial charge is 0.353 e. The van der Waals surface area contributed by atoms with Crippen molar-refractivity contribution in [2.75, 3.05) is 36.4 Å². The number of nitrogens with zero attached hydrogens (tertiary/aromatic N) is 6. The van der Waals surface area contributed by atoms with Crippen LogP contribution in [0, 0.1) is 6.92 Å². The van der Waals surface area contributed by atoms with E-state index in [0.717, 1.165) is 35.9 Å². The summed E-state index contributed by atoms with van der Waals surface area (Å²) in [5.41, 5.74) is 2.69. The second kappa shape index (κ2) is 7.67. The van der Waals surface area contributed by atoms with Crippen molar-refractivity contribution >= 4 is 17.7 Å². The summed E-state index contributed by atoms with van der Waals surface area (Å²) >= 11 is 0. The fourth-order valence-corrected chi connectivity index (χ4v) is 3.27. The van der Waals surface area contributed by atoms with Gasteiger partial charge in [-0.2, -0.15) is 5.10 Å². The van der Waals surface area contributed by atoms with E-state index in [-0.39, 0.29) is 6.03 Å². The van der Waals surface area contributed by atoms with Crippen LogP contribution in [0.1, 0.15) is 5.69 Å². The molecule has 144 valence electrons. The van der Waals surface area contributed by atoms with Crippen LogP contribution in [0.5, 0.6) is 0 Å². The van der Waals surface area contributed by atoms with Crippen LogP contribution in [0.4, 0.5) is 16.4 Å². The van der Waals surface area contributed by atoms with E-state index in [1.165, 1.54) is 0 Å². The number of nitrogens with one attached hydrogen (secondary N) is 1. The van der Waals surface area contributed by atoms with Gasteiger partial charge in [0.2, 0.25) is 0 Å². The Balaban J connectivity index is 1.38. The Morgan fingerprint density at radius 1 is 1.11 bits per heavy atom. The van der Waals surface area contributed by atoms with Crippen molar-refractivity contribution in [3.63, 3.8) is 0 Å². The van der Waals surface area contributed by atoms with E-state index in [0.29, 0.717) is 18.9 Å². The van der Waals surface area contributed by atoms with Gasteiger partial charge in [0.15, 0.2) is 0 Å². The average molecular weight is 377 g/mol. The van der Waals surface area contributed by atoms with Crippen LogP contribution in [0.2, 0.25) is 0 Å². The zero-order valence-corrected chi connectivity index (χ0v) is 16.0. The van der Waals surface area contributed by atoms with Crippen LogP contribution >= 0.6 is 0 Å². The molecule has 1 aliphatic rings. The first kappa shape index (κ1) is 18.0. The number of piperazine rings is 1. The summed E-state index contributed by atoms with van der Waals surface area (Å²) in [6.45, 7) is 4.80. The summed E-state index contributed by atoms with van der Waals surface area (Å²) in [7, 11) is 1.82. The highest BCUT2D eigenvalue weighted by atomic mass is 16.2. The predicted molar refractivity (Wildman–Crippen MR) is 108 cm³/mol. The fourth-order valence-electron chi connectivity index (χ4n) is 3.27. The zero-order chi connectivity index (χ0) is 19.5. The van der Waals surface area contributed by atoms with E-state index >= 15 is 0 Å². The van der Waals surface area contributed by atoms with E-state index in [4.69, 9.17) is 0 Å². The minimum absolute atomic E-state index is 0.113. The van der Waals surface area contributed by atoms with Gasteiger partial charge in [0.1, 0.15) is 11.6 Å². The Bertz CT molecular complexity index is 962. The minimum Gasteiger partial charge on any atom is -0.353 e. The summed E-state index contributed by atoms with van der Waals surface area (Å²) in [5.74, 6) is 1.62. The molecule has 1 N–H and O–H groups in total. The summed E-state index contributed by atoms with van der Waals surface area (Å²) < 4.78 is 1.67. The molecule has 2 amide bonds. The Morgan fingerprint density at radius 3 is 2.64 bits per heavy atom. The van der Waals surface area contributed by atoms with E-state index in [1.807, 2.05) is 55.3 Å². The Labute approximate surface area is 163 Å². The van der Waals surface area contributed by atoms with Gasteiger partial charge in [-0.15, -0.1) is 0 Å². The summed E-state index contributed by atoms with van der Waals surface area (Å²) in [5, 5.41) is 7.43. The third-order valence-corrected chi connectivity index (χ3v) is 4.84. The van der Waals surface area contributed by atoms with Crippen molar-refractivity contribution in [1.29, 1.82) is 0 Å². The molecule has 1 fully saturated rings. The molecule has 3 aromatic heterocycles. The number of amides is 2. The van der Waals surface area contributed by atoms with Crippen LogP contribution in [0.15, 0.2) is 48.8 Å². The number of anilines is 2. The molecule has 28 heavy (non-hydrogen) atoms. The molecule has 4 heterocycles. The maximum Gasteiger partial charge on any atom is 0.323 e. The summed E-state index contributed by atoms with van der Waals surface area (Å²) in [6.07, 6.45) is 3.48. The van der Waals surface area contributed by atoms with Gasteiger partial charge in [0.25, 0.3) is 0 Å². The lowest BCUT2D eigenvalue weighted by Crippen LogP contribution is -2.50. The monoisotopic (exact) mass is 377 g/mol. The van der Waals surface area contributed by atoms with Crippen LogP contribution in [0.25, 0.3) is 11.3 Å². The average Bonchev–Trinajstić information content (AvgIpc) is 3.09. The highest BCUT2D eigenvalue weighted by molar-refractivity contribution is 5.89. The number of carbonyl (C=O) groups is 1. The van der Waals surface area contributed by atoms with Crippen LogP contribution in [0.3, 0.4) is 0 Å². The maximum absolute atomic E-state index is 12.7. The molecule has 0 aliphatic carbocycles. The Kier molecular flexibility index (Phi) is 4.92. The van der Waals surface area contributed by atoms with Crippen LogP contribution in [-0.2, 0) is 7.05 Å². The van der Waals surface area contributed by atoms with Crippen molar-refractivity contribution in [2.24, 2.45) is 7.05 Å². The predicted octanol–water partition coefficient (Wildman–Crippen LogP) is 2.54. The van der Waals surface area contributed by atoms with Crippen molar-refractivity contribution in [3.8, 4) is 11.3 Å². The number of hydrogen-bond donors (Lipinski definition) is 1. The fraction of sp³-hybridized carbons (Fsp3) is 0.300. The molecule has 1 saturated heterocycles. The summed E-state index contributed by atoms with van der Waals surface area (Å²) in [4.78, 5) is 25.4. The van der Waals surface area contributed by atoms with Crippen molar-refractivity contribution < 1.29 is 4.79 Å². The van der Waals surface area contributed by atoms with E-state index in [2.05, 4.69) is 25.3 Å². The SMILES string of the molecule is Cc1cccc(N2CCN(C(=O)Nc3cc(-c4cccnc4)nn3C)CC2)n1. The normalized spacial score (nSPS) is 14.2. The maximum atomic E-state index is 12.7. The first-order valence-electron chi connectivity index (χ1n) is 9.29.